The summed E-state index contributed by atoms with van der Waals surface area (Å²) in [6.07, 6.45) is 2.65. The number of carboxylic acid groups (broad SMARTS) is 1. The van der Waals surface area contributed by atoms with Crippen LogP contribution in [0.2, 0.25) is 0 Å². The minimum atomic E-state index is -0.811. The number of methoxy groups -OCH3 is 1. The van der Waals surface area contributed by atoms with E-state index < -0.39 is 5.97 Å². The lowest BCUT2D eigenvalue weighted by atomic mass is 10.1. The van der Waals surface area contributed by atoms with E-state index in [1.807, 2.05) is 6.92 Å². The molecule has 0 amide bonds. The first-order valence-electron chi connectivity index (χ1n) is 5.64. The lowest BCUT2D eigenvalue weighted by Crippen LogP contribution is -2.20. The van der Waals surface area contributed by atoms with E-state index in [0.29, 0.717) is 18.7 Å². The van der Waals surface area contributed by atoms with Crippen molar-refractivity contribution in [3.8, 4) is 5.75 Å². The third-order valence-corrected chi connectivity index (χ3v) is 2.43. The molecule has 7 heteroatoms. The molecule has 0 aromatic carbocycles. The highest BCUT2D eigenvalue weighted by Crippen LogP contribution is 2.16. The Balaban J connectivity index is 2.59. The molecule has 18 heavy (non-hydrogen) atoms. The van der Waals surface area contributed by atoms with Crippen LogP contribution in [-0.2, 0) is 4.79 Å². The van der Waals surface area contributed by atoms with Gasteiger partial charge in [-0.3, -0.25) is 9.59 Å². The molecule has 0 aliphatic heterocycles. The number of aromatic amines is 1. The van der Waals surface area contributed by atoms with E-state index in [0.717, 1.165) is 0 Å². The third-order valence-electron chi connectivity index (χ3n) is 2.43. The Kier molecular flexibility index (Phi) is 5.16. The number of rotatable bonds is 7. The van der Waals surface area contributed by atoms with Crippen LogP contribution >= 0.6 is 0 Å². The highest BCUT2D eigenvalue weighted by molar-refractivity contribution is 5.66. The molecular weight excluding hydrogens is 238 g/mol. The Morgan fingerprint density at radius 3 is 3.00 bits per heavy atom. The SMILES string of the molecule is COc1c(NC(C)CCCC(=O)O)nc[nH]c1=O. The highest BCUT2D eigenvalue weighted by Gasteiger charge is 2.11. The first kappa shape index (κ1) is 14.0. The van der Waals surface area contributed by atoms with Gasteiger partial charge in [-0.05, 0) is 19.8 Å². The molecule has 0 aliphatic rings. The summed E-state index contributed by atoms with van der Waals surface area (Å²) in [5, 5.41) is 11.6. The second-order valence-corrected chi connectivity index (χ2v) is 3.94. The predicted octanol–water partition coefficient (Wildman–Crippen LogP) is 0.834. The monoisotopic (exact) mass is 255 g/mol. The lowest BCUT2D eigenvalue weighted by molar-refractivity contribution is -0.137. The van der Waals surface area contributed by atoms with Crippen LogP contribution in [0.25, 0.3) is 0 Å². The predicted molar refractivity (Wildman–Crippen MR) is 66.0 cm³/mol. The van der Waals surface area contributed by atoms with Crippen molar-refractivity contribution in [2.45, 2.75) is 32.2 Å². The Labute approximate surface area is 104 Å². The van der Waals surface area contributed by atoms with Crippen molar-refractivity contribution >= 4 is 11.8 Å². The van der Waals surface area contributed by atoms with Gasteiger partial charge in [0.1, 0.15) is 0 Å². The minimum absolute atomic E-state index is 0.00699. The maximum Gasteiger partial charge on any atom is 0.303 e. The third kappa shape index (κ3) is 4.08. The van der Waals surface area contributed by atoms with Crippen molar-refractivity contribution in [1.82, 2.24) is 9.97 Å². The molecule has 1 atom stereocenters. The molecule has 0 bridgehead atoms. The van der Waals surface area contributed by atoms with Gasteiger partial charge in [-0.25, -0.2) is 4.98 Å². The molecule has 1 aromatic rings. The van der Waals surface area contributed by atoms with E-state index in [9.17, 15) is 9.59 Å². The number of carboxylic acids is 1. The molecule has 0 fully saturated rings. The first-order chi connectivity index (χ1) is 8.54. The average Bonchev–Trinajstić information content (AvgIpc) is 2.28. The van der Waals surface area contributed by atoms with Crippen LogP contribution in [0.1, 0.15) is 26.2 Å². The molecule has 0 saturated heterocycles. The van der Waals surface area contributed by atoms with Crippen molar-refractivity contribution in [3.63, 3.8) is 0 Å². The van der Waals surface area contributed by atoms with E-state index in [4.69, 9.17) is 9.84 Å². The summed E-state index contributed by atoms with van der Waals surface area (Å²) in [5.74, 6) is -0.319. The van der Waals surface area contributed by atoms with E-state index >= 15 is 0 Å². The molecule has 0 spiro atoms. The van der Waals surface area contributed by atoms with Crippen molar-refractivity contribution < 1.29 is 14.6 Å². The summed E-state index contributed by atoms with van der Waals surface area (Å²) in [5.41, 5.74) is -0.354. The molecular formula is C11H17N3O4. The summed E-state index contributed by atoms with van der Waals surface area (Å²) in [6, 6.07) is 0.00699. The van der Waals surface area contributed by atoms with Gasteiger partial charge in [-0.2, -0.15) is 0 Å². The normalized spacial score (nSPS) is 11.9. The molecule has 3 N–H and O–H groups in total. The second kappa shape index (κ2) is 6.63. The summed E-state index contributed by atoms with van der Waals surface area (Å²) < 4.78 is 4.96. The Bertz CT molecular complexity index is 458. The molecule has 1 heterocycles. The van der Waals surface area contributed by atoms with Crippen LogP contribution in [-0.4, -0.2) is 34.2 Å². The van der Waals surface area contributed by atoms with Crippen LogP contribution in [0.5, 0.6) is 5.75 Å². The van der Waals surface area contributed by atoms with Gasteiger partial charge in [0.25, 0.3) is 5.56 Å². The van der Waals surface area contributed by atoms with Crippen molar-refractivity contribution in [2.75, 3.05) is 12.4 Å². The molecule has 1 rings (SSSR count). The number of ether oxygens (including phenoxy) is 1. The lowest BCUT2D eigenvalue weighted by Gasteiger charge is -2.15. The number of aromatic nitrogens is 2. The molecule has 0 aliphatic carbocycles. The molecule has 100 valence electrons. The number of hydrogen-bond donors (Lipinski definition) is 3. The molecule has 0 saturated carbocycles. The minimum Gasteiger partial charge on any atom is -0.489 e. The van der Waals surface area contributed by atoms with Crippen LogP contribution < -0.4 is 15.6 Å². The first-order valence-corrected chi connectivity index (χ1v) is 5.64. The van der Waals surface area contributed by atoms with E-state index in [-0.39, 0.29) is 23.8 Å². The fraction of sp³-hybridized carbons (Fsp3) is 0.545. The number of nitrogens with zero attached hydrogens (tertiary/aromatic N) is 1. The number of nitrogens with one attached hydrogen (secondary N) is 2. The van der Waals surface area contributed by atoms with E-state index in [1.54, 1.807) is 0 Å². The Morgan fingerprint density at radius 1 is 1.67 bits per heavy atom. The average molecular weight is 255 g/mol. The van der Waals surface area contributed by atoms with E-state index in [2.05, 4.69) is 15.3 Å². The second-order valence-electron chi connectivity index (χ2n) is 3.94. The van der Waals surface area contributed by atoms with Crippen LogP contribution in [0.4, 0.5) is 5.82 Å². The number of aliphatic carboxylic acids is 1. The number of anilines is 1. The summed E-state index contributed by atoms with van der Waals surface area (Å²) in [4.78, 5) is 28.2. The summed E-state index contributed by atoms with van der Waals surface area (Å²) in [6.45, 7) is 1.89. The van der Waals surface area contributed by atoms with Crippen molar-refractivity contribution in [3.05, 3.63) is 16.7 Å². The van der Waals surface area contributed by atoms with Gasteiger partial charge in [-0.1, -0.05) is 0 Å². The van der Waals surface area contributed by atoms with Crippen molar-refractivity contribution in [2.24, 2.45) is 0 Å². The maximum absolute atomic E-state index is 11.4. The summed E-state index contributed by atoms with van der Waals surface area (Å²) in [7, 11) is 1.40. The zero-order valence-corrected chi connectivity index (χ0v) is 10.4. The molecule has 0 radical (unpaired) electrons. The number of carbonyl (C=O) groups is 1. The zero-order valence-electron chi connectivity index (χ0n) is 10.4. The smallest absolute Gasteiger partial charge is 0.303 e. The van der Waals surface area contributed by atoms with E-state index in [1.165, 1.54) is 13.4 Å². The van der Waals surface area contributed by atoms with Gasteiger partial charge < -0.3 is 20.1 Å². The zero-order chi connectivity index (χ0) is 13.5. The largest absolute Gasteiger partial charge is 0.489 e. The van der Waals surface area contributed by atoms with Crippen LogP contribution in [0.3, 0.4) is 0 Å². The van der Waals surface area contributed by atoms with Gasteiger partial charge >= 0.3 is 5.97 Å². The van der Waals surface area contributed by atoms with Gasteiger partial charge in [-0.15, -0.1) is 0 Å². The summed E-state index contributed by atoms with van der Waals surface area (Å²) >= 11 is 0. The molecule has 1 unspecified atom stereocenters. The van der Waals surface area contributed by atoms with Gasteiger partial charge in [0.05, 0.1) is 13.4 Å². The van der Waals surface area contributed by atoms with Crippen LogP contribution in [0, 0.1) is 0 Å². The fourth-order valence-electron chi connectivity index (χ4n) is 1.54. The Hall–Kier alpha value is -2.05. The molecule has 7 nitrogen and oxygen atoms in total. The number of hydrogen-bond acceptors (Lipinski definition) is 5. The van der Waals surface area contributed by atoms with Gasteiger partial charge in [0, 0.05) is 12.5 Å². The van der Waals surface area contributed by atoms with Crippen molar-refractivity contribution in [1.29, 1.82) is 0 Å². The van der Waals surface area contributed by atoms with Crippen LogP contribution in [0.15, 0.2) is 11.1 Å². The van der Waals surface area contributed by atoms with Gasteiger partial charge in [0.2, 0.25) is 5.75 Å². The quantitative estimate of drug-likeness (QED) is 0.666. The maximum atomic E-state index is 11.4. The standard InChI is InChI=1S/C11H17N3O4/c1-7(4-3-5-8(15)16)14-10-9(18-2)11(17)13-6-12-10/h6-7H,3-5H2,1-2H3,(H,15,16)(H2,12,13,14,17). The molecule has 1 aromatic heterocycles. The topological polar surface area (TPSA) is 104 Å². The number of H-pyrrole nitrogens is 1. The fourth-order valence-corrected chi connectivity index (χ4v) is 1.54. The van der Waals surface area contributed by atoms with Gasteiger partial charge in [0.15, 0.2) is 5.82 Å². The Morgan fingerprint density at radius 2 is 2.39 bits per heavy atom. The highest BCUT2D eigenvalue weighted by atomic mass is 16.5.